The Bertz CT molecular complexity index is 361. The van der Waals surface area contributed by atoms with Gasteiger partial charge in [0.05, 0.1) is 12.2 Å². The summed E-state index contributed by atoms with van der Waals surface area (Å²) >= 11 is 4.79. The van der Waals surface area contributed by atoms with Crippen molar-refractivity contribution in [3.63, 3.8) is 0 Å². The molecule has 1 aromatic carbocycles. The molecule has 0 atom stereocenters. The summed E-state index contributed by atoms with van der Waals surface area (Å²) in [6.45, 7) is 2.17. The molecule has 0 saturated carbocycles. The summed E-state index contributed by atoms with van der Waals surface area (Å²) in [6, 6.07) is 4.57. The smallest absolute Gasteiger partial charge is 0.416 e. The summed E-state index contributed by atoms with van der Waals surface area (Å²) in [5.41, 5.74) is -0.230. The van der Waals surface area contributed by atoms with Crippen LogP contribution in [-0.4, -0.2) is 11.8 Å². The molecule has 0 unspecified atom stereocenters. The van der Waals surface area contributed by atoms with Gasteiger partial charge >= 0.3 is 6.18 Å². The highest BCUT2D eigenvalue weighted by Crippen LogP contribution is 2.29. The van der Waals surface area contributed by atoms with Gasteiger partial charge in [0, 0.05) is 5.69 Å². The summed E-state index contributed by atoms with van der Waals surface area (Å²) in [6.07, 6.45) is -4.32. The molecule has 1 aromatic rings. The normalized spacial score (nSPS) is 11.0. The molecule has 0 fully saturated rings. The van der Waals surface area contributed by atoms with Crippen molar-refractivity contribution >= 4 is 23.1 Å². The van der Waals surface area contributed by atoms with Crippen LogP contribution in [0, 0.1) is 0 Å². The predicted molar refractivity (Wildman–Crippen MR) is 59.3 cm³/mol. The zero-order valence-corrected chi connectivity index (χ0v) is 9.28. The average molecular weight is 249 g/mol. The third-order valence-electron chi connectivity index (χ3n) is 1.73. The Morgan fingerprint density at radius 2 is 1.88 bits per heavy atom. The monoisotopic (exact) mass is 249 g/mol. The van der Waals surface area contributed by atoms with Gasteiger partial charge in [-0.05, 0) is 43.4 Å². The second-order valence-corrected chi connectivity index (χ2v) is 3.29. The lowest BCUT2D eigenvalue weighted by atomic mass is 10.2. The van der Waals surface area contributed by atoms with E-state index in [0.29, 0.717) is 12.3 Å². The van der Waals surface area contributed by atoms with Crippen LogP contribution in [0.4, 0.5) is 18.9 Å². The number of rotatable bonds is 2. The van der Waals surface area contributed by atoms with Crippen molar-refractivity contribution in [2.24, 2.45) is 0 Å². The number of ether oxygens (including phenoxy) is 1. The van der Waals surface area contributed by atoms with Crippen LogP contribution in [-0.2, 0) is 10.9 Å². The first kappa shape index (κ1) is 12.8. The molecule has 0 aliphatic heterocycles. The van der Waals surface area contributed by atoms with Crippen molar-refractivity contribution in [3.8, 4) is 0 Å². The SMILES string of the molecule is CCOC(=S)Nc1ccc(C(F)(F)F)cc1. The number of anilines is 1. The van der Waals surface area contributed by atoms with Gasteiger partial charge in [0.1, 0.15) is 0 Å². The molecule has 0 amide bonds. The average Bonchev–Trinajstić information content (AvgIpc) is 2.17. The Morgan fingerprint density at radius 1 is 1.31 bits per heavy atom. The number of alkyl halides is 3. The van der Waals surface area contributed by atoms with Crippen molar-refractivity contribution in [2.45, 2.75) is 13.1 Å². The molecule has 0 saturated heterocycles. The van der Waals surface area contributed by atoms with Gasteiger partial charge in [-0.15, -0.1) is 0 Å². The van der Waals surface area contributed by atoms with Gasteiger partial charge in [-0.25, -0.2) is 0 Å². The van der Waals surface area contributed by atoms with Gasteiger partial charge in [-0.2, -0.15) is 13.2 Å². The van der Waals surface area contributed by atoms with Crippen LogP contribution in [0.15, 0.2) is 24.3 Å². The van der Waals surface area contributed by atoms with E-state index in [1.54, 1.807) is 6.92 Å². The van der Waals surface area contributed by atoms with Gasteiger partial charge in [0.25, 0.3) is 5.17 Å². The van der Waals surface area contributed by atoms with E-state index >= 15 is 0 Å². The van der Waals surface area contributed by atoms with Gasteiger partial charge in [0.15, 0.2) is 0 Å². The number of hydrogen-bond donors (Lipinski definition) is 1. The summed E-state index contributed by atoms with van der Waals surface area (Å²) in [7, 11) is 0. The summed E-state index contributed by atoms with van der Waals surface area (Å²) in [5, 5.41) is 2.80. The van der Waals surface area contributed by atoms with E-state index in [-0.39, 0.29) is 5.17 Å². The predicted octanol–water partition coefficient (Wildman–Crippen LogP) is 3.44. The molecule has 0 radical (unpaired) electrons. The standard InChI is InChI=1S/C10H10F3NOS/c1-2-15-9(16)14-8-5-3-7(4-6-8)10(11,12)13/h3-6H,2H2,1H3,(H,14,16). The van der Waals surface area contributed by atoms with Crippen LogP contribution in [0.5, 0.6) is 0 Å². The lowest BCUT2D eigenvalue weighted by Gasteiger charge is -2.10. The number of halogens is 3. The van der Waals surface area contributed by atoms with Crippen LogP contribution in [0.3, 0.4) is 0 Å². The van der Waals surface area contributed by atoms with E-state index in [4.69, 9.17) is 17.0 Å². The van der Waals surface area contributed by atoms with Crippen molar-refractivity contribution in [3.05, 3.63) is 29.8 Å². The van der Waals surface area contributed by atoms with E-state index in [1.807, 2.05) is 0 Å². The second-order valence-electron chi connectivity index (χ2n) is 2.92. The summed E-state index contributed by atoms with van der Waals surface area (Å²) in [5.74, 6) is 0. The fourth-order valence-corrected chi connectivity index (χ4v) is 1.26. The third-order valence-corrected chi connectivity index (χ3v) is 1.95. The van der Waals surface area contributed by atoms with E-state index in [9.17, 15) is 13.2 Å². The van der Waals surface area contributed by atoms with Crippen LogP contribution in [0.25, 0.3) is 0 Å². The Morgan fingerprint density at radius 3 is 2.31 bits per heavy atom. The van der Waals surface area contributed by atoms with Gasteiger partial charge in [0.2, 0.25) is 0 Å². The van der Waals surface area contributed by atoms with Crippen molar-refractivity contribution < 1.29 is 17.9 Å². The Labute approximate surface area is 96.4 Å². The van der Waals surface area contributed by atoms with Crippen molar-refractivity contribution in [1.29, 1.82) is 0 Å². The molecule has 0 heterocycles. The van der Waals surface area contributed by atoms with E-state index in [0.717, 1.165) is 12.1 Å². The van der Waals surface area contributed by atoms with Gasteiger partial charge in [-0.1, -0.05) is 0 Å². The minimum atomic E-state index is -4.32. The number of thiocarbonyl (C=S) groups is 1. The highest BCUT2D eigenvalue weighted by atomic mass is 32.1. The largest absolute Gasteiger partial charge is 0.471 e. The highest BCUT2D eigenvalue weighted by molar-refractivity contribution is 7.80. The molecule has 0 bridgehead atoms. The zero-order chi connectivity index (χ0) is 12.2. The van der Waals surface area contributed by atoms with E-state index in [2.05, 4.69) is 5.32 Å². The first-order chi connectivity index (χ1) is 7.43. The maximum Gasteiger partial charge on any atom is 0.416 e. The molecule has 0 aliphatic rings. The van der Waals surface area contributed by atoms with E-state index in [1.165, 1.54) is 12.1 Å². The van der Waals surface area contributed by atoms with Gasteiger partial charge < -0.3 is 10.1 Å². The maximum atomic E-state index is 12.2. The zero-order valence-electron chi connectivity index (χ0n) is 8.47. The second kappa shape index (κ2) is 5.16. The lowest BCUT2D eigenvalue weighted by Crippen LogP contribution is -2.13. The summed E-state index contributed by atoms with van der Waals surface area (Å²) < 4.78 is 41.6. The first-order valence-corrected chi connectivity index (χ1v) is 4.95. The molecular formula is C10H10F3NOS. The van der Waals surface area contributed by atoms with Crippen LogP contribution >= 0.6 is 12.2 Å². The third kappa shape index (κ3) is 3.69. The molecule has 6 heteroatoms. The molecule has 1 rings (SSSR count). The minimum absolute atomic E-state index is 0.141. The molecule has 0 spiro atoms. The molecule has 0 aromatic heterocycles. The summed E-state index contributed by atoms with van der Waals surface area (Å²) in [4.78, 5) is 0. The van der Waals surface area contributed by atoms with E-state index < -0.39 is 11.7 Å². The Balaban J connectivity index is 2.69. The fraction of sp³-hybridized carbons (Fsp3) is 0.300. The molecule has 2 nitrogen and oxygen atoms in total. The van der Waals surface area contributed by atoms with Crippen molar-refractivity contribution in [1.82, 2.24) is 0 Å². The van der Waals surface area contributed by atoms with Crippen LogP contribution in [0.2, 0.25) is 0 Å². The van der Waals surface area contributed by atoms with Crippen LogP contribution in [0.1, 0.15) is 12.5 Å². The first-order valence-electron chi connectivity index (χ1n) is 4.54. The lowest BCUT2D eigenvalue weighted by molar-refractivity contribution is -0.137. The topological polar surface area (TPSA) is 21.3 Å². The molecular weight excluding hydrogens is 239 g/mol. The highest BCUT2D eigenvalue weighted by Gasteiger charge is 2.29. The number of hydrogen-bond acceptors (Lipinski definition) is 2. The maximum absolute atomic E-state index is 12.2. The molecule has 0 aliphatic carbocycles. The minimum Gasteiger partial charge on any atom is -0.471 e. The Hall–Kier alpha value is -1.30. The number of nitrogens with one attached hydrogen (secondary N) is 1. The number of benzene rings is 1. The van der Waals surface area contributed by atoms with Gasteiger partial charge in [-0.3, -0.25) is 0 Å². The fourth-order valence-electron chi connectivity index (χ4n) is 1.03. The Kier molecular flexibility index (Phi) is 4.12. The van der Waals surface area contributed by atoms with Crippen LogP contribution < -0.4 is 5.32 Å². The quantitative estimate of drug-likeness (QED) is 0.811. The van der Waals surface area contributed by atoms with Crippen molar-refractivity contribution in [2.75, 3.05) is 11.9 Å². The molecule has 1 N–H and O–H groups in total. The molecule has 88 valence electrons. The molecule has 16 heavy (non-hydrogen) atoms.